The van der Waals surface area contributed by atoms with Gasteiger partial charge < -0.3 is 19.4 Å². The van der Waals surface area contributed by atoms with Crippen molar-refractivity contribution in [2.45, 2.75) is 6.92 Å². The maximum Gasteiger partial charge on any atom is 0.227 e. The Labute approximate surface area is 120 Å². The molecule has 0 bridgehead atoms. The topological polar surface area (TPSA) is 44.7 Å². The molecule has 0 aliphatic carbocycles. The van der Waals surface area contributed by atoms with Gasteiger partial charge >= 0.3 is 0 Å². The second-order valence-corrected chi connectivity index (χ2v) is 5.24. The van der Waals surface area contributed by atoms with Crippen LogP contribution >= 0.6 is 0 Å². The van der Waals surface area contributed by atoms with Crippen molar-refractivity contribution in [3.63, 3.8) is 0 Å². The molecule has 0 amide bonds. The van der Waals surface area contributed by atoms with Crippen molar-refractivity contribution in [1.82, 2.24) is 14.9 Å². The Morgan fingerprint density at radius 1 is 1.05 bits per heavy atom. The Kier molecular flexibility index (Phi) is 4.32. The van der Waals surface area contributed by atoms with Gasteiger partial charge in [0.1, 0.15) is 5.82 Å². The van der Waals surface area contributed by atoms with Crippen molar-refractivity contribution in [2.75, 3.05) is 68.8 Å². The van der Waals surface area contributed by atoms with Crippen molar-refractivity contribution >= 4 is 11.8 Å². The van der Waals surface area contributed by atoms with Gasteiger partial charge in [-0.05, 0) is 12.6 Å². The molecule has 0 unspecified atom stereocenters. The Balaban J connectivity index is 1.68. The van der Waals surface area contributed by atoms with E-state index >= 15 is 0 Å². The lowest BCUT2D eigenvalue weighted by atomic mass is 10.3. The molecule has 1 aromatic rings. The van der Waals surface area contributed by atoms with E-state index in [1.807, 2.05) is 12.3 Å². The molecule has 6 nitrogen and oxygen atoms in total. The van der Waals surface area contributed by atoms with Gasteiger partial charge in [-0.1, -0.05) is 6.92 Å². The molecule has 3 heterocycles. The second-order valence-electron chi connectivity index (χ2n) is 5.24. The highest BCUT2D eigenvalue weighted by Gasteiger charge is 2.19. The van der Waals surface area contributed by atoms with E-state index in [0.717, 1.165) is 70.8 Å². The molecule has 0 atom stereocenters. The maximum atomic E-state index is 5.38. The minimum atomic E-state index is 0.767. The molecular formula is C14H23N5O. The molecule has 2 saturated heterocycles. The summed E-state index contributed by atoms with van der Waals surface area (Å²) in [5.41, 5.74) is 0. The monoisotopic (exact) mass is 277 g/mol. The van der Waals surface area contributed by atoms with Crippen molar-refractivity contribution < 1.29 is 4.74 Å². The largest absolute Gasteiger partial charge is 0.378 e. The first kappa shape index (κ1) is 13.6. The quantitative estimate of drug-likeness (QED) is 0.799. The molecular weight excluding hydrogens is 254 g/mol. The number of ether oxygens (including phenoxy) is 1. The molecule has 0 N–H and O–H groups in total. The summed E-state index contributed by atoms with van der Waals surface area (Å²) in [6, 6.07) is 2.02. The van der Waals surface area contributed by atoms with Gasteiger partial charge in [-0.25, -0.2) is 4.98 Å². The van der Waals surface area contributed by atoms with Crippen molar-refractivity contribution in [2.24, 2.45) is 0 Å². The molecule has 20 heavy (non-hydrogen) atoms. The first-order chi connectivity index (χ1) is 9.86. The molecule has 0 radical (unpaired) electrons. The van der Waals surface area contributed by atoms with Gasteiger partial charge in [0.25, 0.3) is 0 Å². The van der Waals surface area contributed by atoms with Crippen LogP contribution in [0.2, 0.25) is 0 Å². The molecule has 110 valence electrons. The van der Waals surface area contributed by atoms with Gasteiger partial charge in [0.15, 0.2) is 0 Å². The van der Waals surface area contributed by atoms with Crippen LogP contribution in [-0.2, 0) is 4.74 Å². The Hall–Kier alpha value is -1.40. The van der Waals surface area contributed by atoms with Crippen LogP contribution in [0.1, 0.15) is 6.92 Å². The van der Waals surface area contributed by atoms with Crippen molar-refractivity contribution in [3.8, 4) is 0 Å². The number of likely N-dealkylation sites (N-methyl/N-ethyl adjacent to an activating group) is 1. The Morgan fingerprint density at radius 3 is 2.50 bits per heavy atom. The number of aromatic nitrogens is 2. The summed E-state index contributed by atoms with van der Waals surface area (Å²) in [6.07, 6.45) is 1.87. The van der Waals surface area contributed by atoms with Gasteiger partial charge in [-0.3, -0.25) is 0 Å². The maximum absolute atomic E-state index is 5.38. The predicted octanol–water partition coefficient (Wildman–Crippen LogP) is 0.455. The van der Waals surface area contributed by atoms with Crippen LogP contribution < -0.4 is 9.80 Å². The fourth-order valence-electron chi connectivity index (χ4n) is 2.72. The van der Waals surface area contributed by atoms with Gasteiger partial charge in [0.2, 0.25) is 5.95 Å². The number of hydrogen-bond acceptors (Lipinski definition) is 6. The summed E-state index contributed by atoms with van der Waals surface area (Å²) in [5, 5.41) is 0. The average molecular weight is 277 g/mol. The zero-order chi connectivity index (χ0) is 13.8. The van der Waals surface area contributed by atoms with Gasteiger partial charge in [-0.15, -0.1) is 0 Å². The fourth-order valence-corrected chi connectivity index (χ4v) is 2.72. The van der Waals surface area contributed by atoms with Crippen LogP contribution in [-0.4, -0.2) is 73.9 Å². The number of nitrogens with zero attached hydrogens (tertiary/aromatic N) is 5. The zero-order valence-corrected chi connectivity index (χ0v) is 12.2. The summed E-state index contributed by atoms with van der Waals surface area (Å²) in [7, 11) is 0. The third kappa shape index (κ3) is 3.02. The lowest BCUT2D eigenvalue weighted by Gasteiger charge is -2.35. The highest BCUT2D eigenvalue weighted by atomic mass is 16.5. The summed E-state index contributed by atoms with van der Waals surface area (Å²) >= 11 is 0. The lowest BCUT2D eigenvalue weighted by Crippen LogP contribution is -2.46. The lowest BCUT2D eigenvalue weighted by molar-refractivity contribution is 0.122. The van der Waals surface area contributed by atoms with Crippen LogP contribution in [0.15, 0.2) is 12.3 Å². The van der Waals surface area contributed by atoms with E-state index < -0.39 is 0 Å². The molecule has 0 saturated carbocycles. The van der Waals surface area contributed by atoms with E-state index in [1.54, 1.807) is 0 Å². The molecule has 0 spiro atoms. The van der Waals surface area contributed by atoms with Crippen LogP contribution in [0, 0.1) is 0 Å². The van der Waals surface area contributed by atoms with E-state index in [1.165, 1.54) is 0 Å². The van der Waals surface area contributed by atoms with E-state index in [9.17, 15) is 0 Å². The number of rotatable bonds is 3. The number of morpholine rings is 1. The first-order valence-electron chi connectivity index (χ1n) is 7.50. The third-order valence-corrected chi connectivity index (χ3v) is 4.07. The minimum absolute atomic E-state index is 0.767. The molecule has 3 rings (SSSR count). The highest BCUT2D eigenvalue weighted by Crippen LogP contribution is 2.17. The predicted molar refractivity (Wildman–Crippen MR) is 79.4 cm³/mol. The molecule has 2 aliphatic rings. The van der Waals surface area contributed by atoms with Gasteiger partial charge in [0, 0.05) is 45.5 Å². The number of anilines is 2. The average Bonchev–Trinajstić information content (AvgIpc) is 2.56. The Bertz CT molecular complexity index is 427. The highest BCUT2D eigenvalue weighted by molar-refractivity contribution is 5.44. The number of hydrogen-bond donors (Lipinski definition) is 0. The fraction of sp³-hybridized carbons (Fsp3) is 0.714. The summed E-state index contributed by atoms with van der Waals surface area (Å²) < 4.78 is 5.38. The molecule has 1 aromatic heterocycles. The molecule has 6 heteroatoms. The van der Waals surface area contributed by atoms with Crippen LogP contribution in [0.3, 0.4) is 0 Å². The zero-order valence-electron chi connectivity index (χ0n) is 12.2. The third-order valence-electron chi connectivity index (χ3n) is 4.07. The molecule has 2 aliphatic heterocycles. The summed E-state index contributed by atoms with van der Waals surface area (Å²) in [6.45, 7) is 11.0. The molecule has 0 aromatic carbocycles. The van der Waals surface area contributed by atoms with E-state index in [4.69, 9.17) is 9.72 Å². The van der Waals surface area contributed by atoms with Crippen molar-refractivity contribution in [1.29, 1.82) is 0 Å². The van der Waals surface area contributed by atoms with E-state index in [-0.39, 0.29) is 0 Å². The first-order valence-corrected chi connectivity index (χ1v) is 7.50. The van der Waals surface area contributed by atoms with Crippen molar-refractivity contribution in [3.05, 3.63) is 12.3 Å². The van der Waals surface area contributed by atoms with E-state index in [2.05, 4.69) is 26.6 Å². The van der Waals surface area contributed by atoms with Crippen LogP contribution in [0.25, 0.3) is 0 Å². The molecule has 2 fully saturated rings. The second kappa shape index (κ2) is 6.37. The summed E-state index contributed by atoms with van der Waals surface area (Å²) in [5.74, 6) is 1.89. The standard InChI is InChI=1S/C14H23N5O/c1-2-17-5-7-18(8-6-17)13-3-4-15-14(16-13)19-9-11-20-12-10-19/h3-4H,2,5-12H2,1H3. The SMILES string of the molecule is CCN1CCN(c2ccnc(N3CCOCC3)n2)CC1. The van der Waals surface area contributed by atoms with Gasteiger partial charge in [-0.2, -0.15) is 4.98 Å². The van der Waals surface area contributed by atoms with Crippen LogP contribution in [0.5, 0.6) is 0 Å². The van der Waals surface area contributed by atoms with Gasteiger partial charge in [0.05, 0.1) is 13.2 Å². The number of piperazine rings is 1. The smallest absolute Gasteiger partial charge is 0.227 e. The van der Waals surface area contributed by atoms with Crippen LogP contribution in [0.4, 0.5) is 11.8 Å². The summed E-state index contributed by atoms with van der Waals surface area (Å²) in [4.78, 5) is 16.2. The van der Waals surface area contributed by atoms with E-state index in [0.29, 0.717) is 0 Å². The minimum Gasteiger partial charge on any atom is -0.378 e. The normalized spacial score (nSPS) is 21.2. The Morgan fingerprint density at radius 2 is 1.80 bits per heavy atom.